The van der Waals surface area contributed by atoms with E-state index in [1.807, 2.05) is 24.3 Å². The number of nitrogens with one attached hydrogen (secondary N) is 2. The molecule has 7 nitrogen and oxygen atoms in total. The Labute approximate surface area is 166 Å². The molecular weight excluding hydrogens is 378 g/mol. The predicted octanol–water partition coefficient (Wildman–Crippen LogP) is 2.39. The van der Waals surface area contributed by atoms with Crippen molar-refractivity contribution in [3.05, 3.63) is 58.4 Å². The maximum Gasteiger partial charge on any atom is 0.259 e. The van der Waals surface area contributed by atoms with Crippen molar-refractivity contribution in [2.75, 3.05) is 26.5 Å². The van der Waals surface area contributed by atoms with Gasteiger partial charge >= 0.3 is 0 Å². The number of nitrogens with zero attached hydrogens (tertiary/aromatic N) is 1. The minimum Gasteiger partial charge on any atom is -0.493 e. The van der Waals surface area contributed by atoms with Crippen LogP contribution >= 0.6 is 11.8 Å². The molecule has 8 heteroatoms. The van der Waals surface area contributed by atoms with Gasteiger partial charge in [0.15, 0.2) is 16.7 Å². The van der Waals surface area contributed by atoms with Crippen LogP contribution < -0.4 is 20.3 Å². The highest BCUT2D eigenvalue weighted by molar-refractivity contribution is 7.99. The van der Waals surface area contributed by atoms with Gasteiger partial charge in [-0.25, -0.2) is 4.98 Å². The molecule has 0 aliphatic heterocycles. The molecule has 1 heterocycles. The van der Waals surface area contributed by atoms with Crippen molar-refractivity contribution in [2.45, 2.75) is 11.6 Å². The number of carbonyl (C=O) groups is 1. The zero-order valence-corrected chi connectivity index (χ0v) is 16.5. The third kappa shape index (κ3) is 4.83. The summed E-state index contributed by atoms with van der Waals surface area (Å²) in [6.07, 6.45) is 0.668. The summed E-state index contributed by atoms with van der Waals surface area (Å²) in [5.74, 6) is 1.38. The molecule has 3 rings (SSSR count). The van der Waals surface area contributed by atoms with E-state index in [1.165, 1.54) is 11.8 Å². The first-order valence-corrected chi connectivity index (χ1v) is 9.68. The van der Waals surface area contributed by atoms with Crippen LogP contribution in [0.5, 0.6) is 11.5 Å². The Bertz CT molecular complexity index is 1040. The Morgan fingerprint density at radius 3 is 2.71 bits per heavy atom. The molecule has 0 saturated carbocycles. The molecule has 3 aromatic rings. The Morgan fingerprint density at radius 1 is 1.14 bits per heavy atom. The summed E-state index contributed by atoms with van der Waals surface area (Å²) < 4.78 is 10.5. The molecule has 28 heavy (non-hydrogen) atoms. The minimum absolute atomic E-state index is 0.124. The molecule has 146 valence electrons. The highest BCUT2D eigenvalue weighted by Crippen LogP contribution is 2.27. The van der Waals surface area contributed by atoms with Crippen molar-refractivity contribution in [1.29, 1.82) is 0 Å². The molecule has 2 N–H and O–H groups in total. The fraction of sp³-hybridized carbons (Fsp3) is 0.250. The number of rotatable bonds is 8. The lowest BCUT2D eigenvalue weighted by Crippen LogP contribution is -2.27. The lowest BCUT2D eigenvalue weighted by atomic mass is 10.1. The van der Waals surface area contributed by atoms with Crippen LogP contribution in [0, 0.1) is 0 Å². The van der Waals surface area contributed by atoms with Crippen molar-refractivity contribution < 1.29 is 14.3 Å². The van der Waals surface area contributed by atoms with Crippen LogP contribution in [0.4, 0.5) is 0 Å². The first kappa shape index (κ1) is 19.8. The average Bonchev–Trinajstić information content (AvgIpc) is 2.72. The zero-order chi connectivity index (χ0) is 19.9. The van der Waals surface area contributed by atoms with Crippen LogP contribution in [0.1, 0.15) is 5.56 Å². The van der Waals surface area contributed by atoms with Crippen molar-refractivity contribution in [2.24, 2.45) is 0 Å². The van der Waals surface area contributed by atoms with Gasteiger partial charge in [0.05, 0.1) is 30.9 Å². The predicted molar refractivity (Wildman–Crippen MR) is 109 cm³/mol. The van der Waals surface area contributed by atoms with E-state index in [0.717, 1.165) is 5.56 Å². The van der Waals surface area contributed by atoms with E-state index < -0.39 is 0 Å². The van der Waals surface area contributed by atoms with E-state index in [0.29, 0.717) is 40.5 Å². The number of aromatic amines is 1. The summed E-state index contributed by atoms with van der Waals surface area (Å²) in [5.41, 5.74) is 1.44. The number of thioether (sulfide) groups is 1. The standard InChI is InChI=1S/C20H21N3O4S/c1-26-16-8-7-13(11-17(16)27-2)9-10-21-18(24)12-28-20-22-15-6-4-3-5-14(15)19(25)23-20/h3-8,11H,9-10,12H2,1-2H3,(H,21,24)(H,22,23,25). The molecule has 0 aliphatic rings. The highest BCUT2D eigenvalue weighted by Gasteiger charge is 2.08. The number of methoxy groups -OCH3 is 2. The Morgan fingerprint density at radius 2 is 1.93 bits per heavy atom. The van der Waals surface area contributed by atoms with E-state index in [9.17, 15) is 9.59 Å². The molecule has 1 amide bonds. The lowest BCUT2D eigenvalue weighted by molar-refractivity contribution is -0.118. The molecule has 2 aromatic carbocycles. The minimum atomic E-state index is -0.207. The summed E-state index contributed by atoms with van der Waals surface area (Å²) in [6, 6.07) is 12.8. The van der Waals surface area contributed by atoms with Gasteiger partial charge in [-0.3, -0.25) is 9.59 Å². The molecule has 0 aliphatic carbocycles. The molecule has 0 unspecified atom stereocenters. The molecule has 0 fully saturated rings. The van der Waals surface area contributed by atoms with Gasteiger partial charge in [0.2, 0.25) is 5.91 Å². The molecule has 0 spiro atoms. The van der Waals surface area contributed by atoms with Crippen LogP contribution in [-0.4, -0.2) is 42.4 Å². The first-order chi connectivity index (χ1) is 13.6. The van der Waals surface area contributed by atoms with Gasteiger partial charge in [-0.1, -0.05) is 30.0 Å². The largest absolute Gasteiger partial charge is 0.493 e. The SMILES string of the molecule is COc1ccc(CCNC(=O)CSc2nc3ccccc3c(=O)[nH]2)cc1OC. The number of amides is 1. The summed E-state index contributed by atoms with van der Waals surface area (Å²) in [7, 11) is 3.18. The topological polar surface area (TPSA) is 93.3 Å². The van der Waals surface area contributed by atoms with Gasteiger partial charge < -0.3 is 19.8 Å². The van der Waals surface area contributed by atoms with Gasteiger partial charge in [-0.15, -0.1) is 0 Å². The lowest BCUT2D eigenvalue weighted by Gasteiger charge is -2.10. The quantitative estimate of drug-likeness (QED) is 0.446. The third-order valence-electron chi connectivity index (χ3n) is 4.11. The van der Waals surface area contributed by atoms with E-state index >= 15 is 0 Å². The van der Waals surface area contributed by atoms with Crippen molar-refractivity contribution in [3.63, 3.8) is 0 Å². The Kier molecular flexibility index (Phi) is 6.54. The fourth-order valence-corrected chi connectivity index (χ4v) is 3.40. The average molecular weight is 399 g/mol. The molecule has 0 radical (unpaired) electrons. The highest BCUT2D eigenvalue weighted by atomic mass is 32.2. The van der Waals surface area contributed by atoms with Crippen LogP contribution in [0.15, 0.2) is 52.4 Å². The van der Waals surface area contributed by atoms with Crippen LogP contribution in [0.2, 0.25) is 0 Å². The number of carbonyl (C=O) groups excluding carboxylic acids is 1. The number of hydrogen-bond donors (Lipinski definition) is 2. The third-order valence-corrected chi connectivity index (χ3v) is 4.99. The Balaban J connectivity index is 1.51. The number of H-pyrrole nitrogens is 1. The zero-order valence-electron chi connectivity index (χ0n) is 15.7. The molecule has 0 atom stereocenters. The maximum atomic E-state index is 12.1. The maximum absolute atomic E-state index is 12.1. The summed E-state index contributed by atoms with van der Waals surface area (Å²) in [4.78, 5) is 31.2. The van der Waals surface area contributed by atoms with Crippen molar-refractivity contribution in [1.82, 2.24) is 15.3 Å². The smallest absolute Gasteiger partial charge is 0.259 e. The van der Waals surface area contributed by atoms with Gasteiger partial charge in [-0.05, 0) is 36.2 Å². The second-order valence-electron chi connectivity index (χ2n) is 5.97. The van der Waals surface area contributed by atoms with Gasteiger partial charge in [0.1, 0.15) is 0 Å². The Hall–Kier alpha value is -3.00. The molecule has 0 saturated heterocycles. The second kappa shape index (κ2) is 9.27. The van der Waals surface area contributed by atoms with Crippen LogP contribution in [0.3, 0.4) is 0 Å². The number of benzene rings is 2. The van der Waals surface area contributed by atoms with E-state index in [1.54, 1.807) is 32.4 Å². The number of fused-ring (bicyclic) bond motifs is 1. The monoisotopic (exact) mass is 399 g/mol. The van der Waals surface area contributed by atoms with Gasteiger partial charge in [0.25, 0.3) is 5.56 Å². The fourth-order valence-electron chi connectivity index (χ4n) is 2.70. The molecular formula is C20H21N3O4S. The summed E-state index contributed by atoms with van der Waals surface area (Å²) in [5, 5.41) is 3.83. The van der Waals surface area contributed by atoms with E-state index in [4.69, 9.17) is 9.47 Å². The number of aromatic nitrogens is 2. The molecule has 0 bridgehead atoms. The number of para-hydroxylation sites is 1. The van der Waals surface area contributed by atoms with Crippen LogP contribution in [0.25, 0.3) is 10.9 Å². The van der Waals surface area contributed by atoms with Gasteiger partial charge in [-0.2, -0.15) is 0 Å². The van der Waals surface area contributed by atoms with Crippen molar-refractivity contribution in [3.8, 4) is 11.5 Å². The van der Waals surface area contributed by atoms with Crippen molar-refractivity contribution >= 4 is 28.6 Å². The molecule has 1 aromatic heterocycles. The first-order valence-electron chi connectivity index (χ1n) is 8.70. The summed E-state index contributed by atoms with van der Waals surface area (Å²) in [6.45, 7) is 0.497. The number of hydrogen-bond acceptors (Lipinski definition) is 6. The summed E-state index contributed by atoms with van der Waals surface area (Å²) >= 11 is 1.20. The normalized spacial score (nSPS) is 10.6. The number of ether oxygens (including phenoxy) is 2. The van der Waals surface area contributed by atoms with E-state index in [-0.39, 0.29) is 17.2 Å². The second-order valence-corrected chi connectivity index (χ2v) is 6.93. The van der Waals surface area contributed by atoms with Crippen LogP contribution in [-0.2, 0) is 11.2 Å². The van der Waals surface area contributed by atoms with E-state index in [2.05, 4.69) is 15.3 Å². The van der Waals surface area contributed by atoms with Gasteiger partial charge in [0, 0.05) is 6.54 Å².